The van der Waals surface area contributed by atoms with Gasteiger partial charge in [-0.1, -0.05) is 38.1 Å². The smallest absolute Gasteiger partial charge is 0.308 e. The maximum atomic E-state index is 11.2. The maximum Gasteiger partial charge on any atom is 0.308 e. The highest BCUT2D eigenvalue weighted by atomic mass is 16.4. The number of carboxylic acids is 1. The molecule has 2 N–H and O–H groups in total. The molecule has 0 bridgehead atoms. The second-order valence-electron chi connectivity index (χ2n) is 5.03. The van der Waals surface area contributed by atoms with Gasteiger partial charge in [0.25, 0.3) is 0 Å². The van der Waals surface area contributed by atoms with Crippen molar-refractivity contribution in [3.05, 3.63) is 35.4 Å². The summed E-state index contributed by atoms with van der Waals surface area (Å²) in [7, 11) is 0. The van der Waals surface area contributed by atoms with Gasteiger partial charge in [-0.2, -0.15) is 0 Å². The molecule has 1 heterocycles. The summed E-state index contributed by atoms with van der Waals surface area (Å²) in [6.07, 6.45) is 0. The summed E-state index contributed by atoms with van der Waals surface area (Å²) < 4.78 is 0. The zero-order valence-electron chi connectivity index (χ0n) is 10.3. The molecule has 1 aromatic carbocycles. The van der Waals surface area contributed by atoms with Crippen molar-refractivity contribution in [1.82, 2.24) is 5.32 Å². The minimum absolute atomic E-state index is 0.103. The molecule has 2 atom stereocenters. The number of carboxylic acid groups (broad SMARTS) is 1. The van der Waals surface area contributed by atoms with Crippen molar-refractivity contribution in [1.29, 1.82) is 0 Å². The molecular weight excluding hydrogens is 214 g/mol. The van der Waals surface area contributed by atoms with E-state index in [1.165, 1.54) is 5.56 Å². The standard InChI is InChI=1S/C14H19NO2/c1-9(2)10-4-3-5-11(6-10)12-7-15-8-13(12)14(16)17/h3-6,9,12-13,15H,7-8H2,1-2H3,(H,16,17). The Morgan fingerprint density at radius 1 is 1.41 bits per heavy atom. The van der Waals surface area contributed by atoms with Crippen molar-refractivity contribution in [3.63, 3.8) is 0 Å². The number of aliphatic carboxylic acids is 1. The molecule has 3 heteroatoms. The van der Waals surface area contributed by atoms with Gasteiger partial charge in [-0.15, -0.1) is 0 Å². The zero-order chi connectivity index (χ0) is 12.4. The minimum atomic E-state index is -0.699. The van der Waals surface area contributed by atoms with E-state index in [0.29, 0.717) is 12.5 Å². The SMILES string of the molecule is CC(C)c1cccc(C2CNCC2C(=O)O)c1. The Morgan fingerprint density at radius 2 is 2.18 bits per heavy atom. The molecule has 3 nitrogen and oxygen atoms in total. The van der Waals surface area contributed by atoms with Crippen molar-refractivity contribution >= 4 is 5.97 Å². The van der Waals surface area contributed by atoms with Gasteiger partial charge in [0.15, 0.2) is 0 Å². The van der Waals surface area contributed by atoms with Crippen LogP contribution in [0.1, 0.15) is 36.8 Å². The fraction of sp³-hybridized carbons (Fsp3) is 0.500. The van der Waals surface area contributed by atoms with Gasteiger partial charge in [0.05, 0.1) is 5.92 Å². The third kappa shape index (κ3) is 2.50. The average Bonchev–Trinajstić information content (AvgIpc) is 2.78. The van der Waals surface area contributed by atoms with Gasteiger partial charge in [-0.25, -0.2) is 0 Å². The lowest BCUT2D eigenvalue weighted by molar-refractivity contribution is -0.141. The second kappa shape index (κ2) is 4.88. The van der Waals surface area contributed by atoms with Crippen LogP contribution in [-0.4, -0.2) is 24.2 Å². The highest BCUT2D eigenvalue weighted by Crippen LogP contribution is 2.30. The number of hydrogen-bond donors (Lipinski definition) is 2. The normalized spacial score (nSPS) is 24.2. The number of carbonyl (C=O) groups is 1. The molecule has 0 radical (unpaired) electrons. The van der Waals surface area contributed by atoms with Gasteiger partial charge in [0, 0.05) is 19.0 Å². The van der Waals surface area contributed by atoms with E-state index >= 15 is 0 Å². The van der Waals surface area contributed by atoms with Crippen molar-refractivity contribution in [2.24, 2.45) is 5.92 Å². The van der Waals surface area contributed by atoms with Crippen LogP contribution < -0.4 is 5.32 Å². The number of nitrogens with one attached hydrogen (secondary N) is 1. The Morgan fingerprint density at radius 3 is 2.82 bits per heavy atom. The molecule has 2 rings (SSSR count). The van der Waals surface area contributed by atoms with Gasteiger partial charge in [0.1, 0.15) is 0 Å². The first-order valence-electron chi connectivity index (χ1n) is 6.13. The summed E-state index contributed by atoms with van der Waals surface area (Å²) in [4.78, 5) is 11.2. The Balaban J connectivity index is 2.27. The summed E-state index contributed by atoms with van der Waals surface area (Å²) in [5.41, 5.74) is 2.42. The van der Waals surface area contributed by atoms with Crippen molar-refractivity contribution < 1.29 is 9.90 Å². The summed E-state index contributed by atoms with van der Waals surface area (Å²) >= 11 is 0. The Hall–Kier alpha value is -1.35. The van der Waals surface area contributed by atoms with E-state index in [-0.39, 0.29) is 11.8 Å². The van der Waals surface area contributed by atoms with Crippen LogP contribution in [0, 0.1) is 5.92 Å². The number of hydrogen-bond acceptors (Lipinski definition) is 2. The van der Waals surface area contributed by atoms with E-state index in [1.807, 2.05) is 12.1 Å². The van der Waals surface area contributed by atoms with Crippen LogP contribution in [0.2, 0.25) is 0 Å². The number of benzene rings is 1. The van der Waals surface area contributed by atoms with E-state index in [4.69, 9.17) is 0 Å². The molecule has 0 aliphatic carbocycles. The largest absolute Gasteiger partial charge is 0.481 e. The van der Waals surface area contributed by atoms with Crippen LogP contribution in [0.4, 0.5) is 0 Å². The van der Waals surface area contributed by atoms with Crippen LogP contribution >= 0.6 is 0 Å². The lowest BCUT2D eigenvalue weighted by Gasteiger charge is -2.17. The van der Waals surface area contributed by atoms with Gasteiger partial charge < -0.3 is 10.4 Å². The molecule has 0 aromatic heterocycles. The van der Waals surface area contributed by atoms with Crippen LogP contribution in [0.5, 0.6) is 0 Å². The van der Waals surface area contributed by atoms with Crippen LogP contribution in [0.15, 0.2) is 24.3 Å². The monoisotopic (exact) mass is 233 g/mol. The maximum absolute atomic E-state index is 11.2. The Bertz CT molecular complexity index is 414. The van der Waals surface area contributed by atoms with Crippen LogP contribution in [-0.2, 0) is 4.79 Å². The highest BCUT2D eigenvalue weighted by molar-refractivity contribution is 5.72. The topological polar surface area (TPSA) is 49.3 Å². The summed E-state index contributed by atoms with van der Waals surface area (Å²) in [6, 6.07) is 8.33. The van der Waals surface area contributed by atoms with Crippen molar-refractivity contribution in [3.8, 4) is 0 Å². The Labute approximate surface area is 102 Å². The van der Waals surface area contributed by atoms with E-state index in [2.05, 4.69) is 31.3 Å². The molecule has 1 saturated heterocycles. The lowest BCUT2D eigenvalue weighted by Crippen LogP contribution is -2.21. The molecule has 17 heavy (non-hydrogen) atoms. The molecule has 92 valence electrons. The summed E-state index contributed by atoms with van der Waals surface area (Å²) in [5, 5.41) is 12.4. The van der Waals surface area contributed by atoms with Gasteiger partial charge in [-0.3, -0.25) is 4.79 Å². The van der Waals surface area contributed by atoms with Gasteiger partial charge in [0.2, 0.25) is 0 Å². The van der Waals surface area contributed by atoms with E-state index in [9.17, 15) is 9.90 Å². The minimum Gasteiger partial charge on any atom is -0.481 e. The predicted octanol–water partition coefficient (Wildman–Crippen LogP) is 2.20. The van der Waals surface area contributed by atoms with Crippen LogP contribution in [0.25, 0.3) is 0 Å². The molecule has 0 spiro atoms. The number of rotatable bonds is 3. The first kappa shape index (κ1) is 12.1. The summed E-state index contributed by atoms with van der Waals surface area (Å²) in [6.45, 7) is 5.64. The third-order valence-corrected chi connectivity index (χ3v) is 3.54. The molecule has 1 aromatic rings. The fourth-order valence-electron chi connectivity index (χ4n) is 2.44. The zero-order valence-corrected chi connectivity index (χ0v) is 10.3. The lowest BCUT2D eigenvalue weighted by atomic mass is 9.87. The molecule has 0 amide bonds. The molecule has 2 unspecified atom stereocenters. The van der Waals surface area contributed by atoms with Crippen molar-refractivity contribution in [2.75, 3.05) is 13.1 Å². The van der Waals surface area contributed by atoms with E-state index in [0.717, 1.165) is 12.1 Å². The highest BCUT2D eigenvalue weighted by Gasteiger charge is 2.33. The fourth-order valence-corrected chi connectivity index (χ4v) is 2.44. The summed E-state index contributed by atoms with van der Waals surface area (Å²) in [5.74, 6) is -0.411. The molecule has 1 aliphatic heterocycles. The molecule has 1 aliphatic rings. The molecule has 0 saturated carbocycles. The van der Waals surface area contributed by atoms with Gasteiger partial charge >= 0.3 is 5.97 Å². The van der Waals surface area contributed by atoms with Crippen LogP contribution in [0.3, 0.4) is 0 Å². The van der Waals surface area contributed by atoms with Crippen molar-refractivity contribution in [2.45, 2.75) is 25.7 Å². The van der Waals surface area contributed by atoms with E-state index in [1.54, 1.807) is 0 Å². The Kier molecular flexibility index (Phi) is 3.48. The van der Waals surface area contributed by atoms with Gasteiger partial charge in [-0.05, 0) is 17.0 Å². The predicted molar refractivity (Wildman–Crippen MR) is 67.3 cm³/mol. The average molecular weight is 233 g/mol. The quantitative estimate of drug-likeness (QED) is 0.841. The first-order chi connectivity index (χ1) is 8.09. The third-order valence-electron chi connectivity index (χ3n) is 3.54. The molecular formula is C14H19NO2. The van der Waals surface area contributed by atoms with E-state index < -0.39 is 5.97 Å². The molecule has 1 fully saturated rings. The second-order valence-corrected chi connectivity index (χ2v) is 5.03. The first-order valence-corrected chi connectivity index (χ1v) is 6.13.